The Bertz CT molecular complexity index is 336. The lowest BCUT2D eigenvalue weighted by molar-refractivity contribution is -0.137. The molecule has 0 atom stereocenters. The summed E-state index contributed by atoms with van der Waals surface area (Å²) >= 11 is 0. The first-order valence-electron chi connectivity index (χ1n) is 6.62. The normalized spacial score (nSPS) is 17.9. The number of hydrogen-bond donors (Lipinski definition) is 3. The molecule has 1 saturated heterocycles. The van der Waals surface area contributed by atoms with Crippen LogP contribution >= 0.6 is 12.4 Å². The highest BCUT2D eigenvalue weighted by molar-refractivity contribution is 5.85. The van der Waals surface area contributed by atoms with Crippen LogP contribution in [-0.2, 0) is 14.3 Å². The highest BCUT2D eigenvalue weighted by atomic mass is 35.5. The molecule has 1 heterocycles. The van der Waals surface area contributed by atoms with Crippen LogP contribution in [0.2, 0.25) is 0 Å². The zero-order chi connectivity index (χ0) is 14.5. The van der Waals surface area contributed by atoms with E-state index in [0.717, 1.165) is 25.9 Å². The summed E-state index contributed by atoms with van der Waals surface area (Å²) in [6.07, 6.45) is 1.48. The first-order valence-corrected chi connectivity index (χ1v) is 6.62. The van der Waals surface area contributed by atoms with Crippen molar-refractivity contribution in [1.29, 1.82) is 0 Å². The van der Waals surface area contributed by atoms with Gasteiger partial charge in [0.15, 0.2) is 0 Å². The minimum absolute atomic E-state index is 0. The van der Waals surface area contributed by atoms with E-state index in [-0.39, 0.29) is 24.9 Å². The van der Waals surface area contributed by atoms with E-state index in [4.69, 9.17) is 10.5 Å². The molecule has 0 spiro atoms. The van der Waals surface area contributed by atoms with Gasteiger partial charge in [-0.1, -0.05) is 0 Å². The molecular weight excluding hydrogens is 282 g/mol. The number of hydrogen-bond acceptors (Lipinski definition) is 4. The minimum Gasteiger partial charge on any atom is -0.384 e. The van der Waals surface area contributed by atoms with Crippen molar-refractivity contribution in [1.82, 2.24) is 10.6 Å². The van der Waals surface area contributed by atoms with Gasteiger partial charge in [-0.15, -0.1) is 12.4 Å². The largest absolute Gasteiger partial charge is 0.384 e. The molecule has 0 radical (unpaired) electrons. The molecule has 0 aromatic heterocycles. The topological polar surface area (TPSA) is 93.4 Å². The summed E-state index contributed by atoms with van der Waals surface area (Å²) in [6, 6.07) is 0. The van der Waals surface area contributed by atoms with Crippen LogP contribution in [0.1, 0.15) is 26.7 Å². The van der Waals surface area contributed by atoms with E-state index in [2.05, 4.69) is 10.6 Å². The molecule has 2 amide bonds. The molecule has 0 aliphatic carbocycles. The van der Waals surface area contributed by atoms with Gasteiger partial charge in [0.2, 0.25) is 11.8 Å². The lowest BCUT2D eigenvalue weighted by Crippen LogP contribution is -2.52. The average Bonchev–Trinajstić information content (AvgIpc) is 2.37. The number of primary amides is 1. The number of carbonyl (C=O) groups is 2. The van der Waals surface area contributed by atoms with E-state index < -0.39 is 16.7 Å². The van der Waals surface area contributed by atoms with Crippen molar-refractivity contribution < 1.29 is 14.3 Å². The fourth-order valence-corrected chi connectivity index (χ4v) is 2.19. The zero-order valence-electron chi connectivity index (χ0n) is 12.5. The Kier molecular flexibility index (Phi) is 7.47. The van der Waals surface area contributed by atoms with Gasteiger partial charge < -0.3 is 21.1 Å². The summed E-state index contributed by atoms with van der Waals surface area (Å²) < 4.78 is 5.20. The maximum atomic E-state index is 12.4. The number of methoxy groups -OCH3 is 1. The Hall–Kier alpha value is -0.850. The van der Waals surface area contributed by atoms with Gasteiger partial charge in [0, 0.05) is 13.7 Å². The van der Waals surface area contributed by atoms with Crippen LogP contribution in [0.25, 0.3) is 0 Å². The number of nitrogens with one attached hydrogen (secondary N) is 2. The van der Waals surface area contributed by atoms with Crippen molar-refractivity contribution in [3.63, 3.8) is 0 Å². The van der Waals surface area contributed by atoms with Gasteiger partial charge in [-0.25, -0.2) is 0 Å². The van der Waals surface area contributed by atoms with Crippen molar-refractivity contribution >= 4 is 24.2 Å². The third-order valence-corrected chi connectivity index (χ3v) is 3.82. The summed E-state index contributed by atoms with van der Waals surface area (Å²) in [7, 11) is 1.60. The van der Waals surface area contributed by atoms with Crippen LogP contribution in [0, 0.1) is 10.8 Å². The van der Waals surface area contributed by atoms with Gasteiger partial charge >= 0.3 is 0 Å². The van der Waals surface area contributed by atoms with Crippen molar-refractivity contribution in [2.75, 3.05) is 33.4 Å². The smallest absolute Gasteiger partial charge is 0.228 e. The van der Waals surface area contributed by atoms with E-state index >= 15 is 0 Å². The van der Waals surface area contributed by atoms with Crippen LogP contribution in [0.4, 0.5) is 0 Å². The molecule has 1 aliphatic rings. The van der Waals surface area contributed by atoms with Gasteiger partial charge in [0.05, 0.1) is 17.4 Å². The van der Waals surface area contributed by atoms with E-state index in [9.17, 15) is 9.59 Å². The monoisotopic (exact) mass is 307 g/mol. The molecule has 1 fully saturated rings. The van der Waals surface area contributed by atoms with Gasteiger partial charge in [0.1, 0.15) is 0 Å². The Labute approximate surface area is 126 Å². The molecule has 6 nitrogen and oxygen atoms in total. The third-order valence-electron chi connectivity index (χ3n) is 3.82. The predicted molar refractivity (Wildman–Crippen MR) is 79.6 cm³/mol. The van der Waals surface area contributed by atoms with Crippen LogP contribution in [0.15, 0.2) is 0 Å². The Morgan fingerprint density at radius 2 is 1.90 bits per heavy atom. The minimum atomic E-state index is -0.739. The van der Waals surface area contributed by atoms with Crippen LogP contribution in [0.3, 0.4) is 0 Å². The van der Waals surface area contributed by atoms with Crippen LogP contribution in [0.5, 0.6) is 0 Å². The standard InChI is InChI=1S/C13H25N3O3.ClH/c1-12(2,10(14)17)8-16-11(18)13(9-19-3)4-6-15-7-5-13;/h15H,4-9H2,1-3H3,(H2,14,17)(H,16,18);1H. The number of amides is 2. The second-order valence-electron chi connectivity index (χ2n) is 5.89. The van der Waals surface area contributed by atoms with Crippen molar-refractivity contribution in [2.24, 2.45) is 16.6 Å². The van der Waals surface area contributed by atoms with E-state index in [1.165, 1.54) is 0 Å². The van der Waals surface area contributed by atoms with Gasteiger partial charge in [-0.05, 0) is 39.8 Å². The fraction of sp³-hybridized carbons (Fsp3) is 0.846. The molecule has 0 aromatic rings. The van der Waals surface area contributed by atoms with Crippen LogP contribution in [-0.4, -0.2) is 45.2 Å². The molecule has 4 N–H and O–H groups in total. The first-order chi connectivity index (χ1) is 8.84. The fourth-order valence-electron chi connectivity index (χ4n) is 2.19. The number of piperidine rings is 1. The van der Waals surface area contributed by atoms with E-state index in [1.807, 2.05) is 0 Å². The maximum absolute atomic E-state index is 12.4. The molecule has 1 aliphatic heterocycles. The highest BCUT2D eigenvalue weighted by Crippen LogP contribution is 2.29. The summed E-state index contributed by atoms with van der Waals surface area (Å²) in [6.45, 7) is 5.70. The average molecular weight is 308 g/mol. The number of ether oxygens (including phenoxy) is 1. The molecule has 0 aromatic carbocycles. The van der Waals surface area contributed by atoms with E-state index in [1.54, 1.807) is 21.0 Å². The Morgan fingerprint density at radius 3 is 2.35 bits per heavy atom. The molecule has 118 valence electrons. The predicted octanol–water partition coefficient (Wildman–Crippen LogP) is 0.0521. The molecule has 7 heteroatoms. The molecule has 0 bridgehead atoms. The number of carbonyl (C=O) groups excluding carboxylic acids is 2. The van der Waals surface area contributed by atoms with Gasteiger partial charge in [-0.2, -0.15) is 0 Å². The SMILES string of the molecule is COCC1(C(=O)NCC(C)(C)C(N)=O)CCNCC1.Cl. The summed E-state index contributed by atoms with van der Waals surface area (Å²) in [5.41, 5.74) is 4.07. The molecule has 0 unspecified atom stereocenters. The molecule has 0 saturated carbocycles. The van der Waals surface area contributed by atoms with Crippen LogP contribution < -0.4 is 16.4 Å². The third kappa shape index (κ3) is 4.61. The second kappa shape index (κ2) is 7.81. The zero-order valence-corrected chi connectivity index (χ0v) is 13.3. The van der Waals surface area contributed by atoms with Gasteiger partial charge in [-0.3, -0.25) is 9.59 Å². The second-order valence-corrected chi connectivity index (χ2v) is 5.89. The lowest BCUT2D eigenvalue weighted by Gasteiger charge is -2.36. The number of halogens is 1. The van der Waals surface area contributed by atoms with Gasteiger partial charge in [0.25, 0.3) is 0 Å². The Balaban J connectivity index is 0.00000361. The lowest BCUT2D eigenvalue weighted by atomic mass is 9.78. The molecule has 1 rings (SSSR count). The maximum Gasteiger partial charge on any atom is 0.228 e. The summed E-state index contributed by atoms with van der Waals surface area (Å²) in [5.74, 6) is -0.468. The summed E-state index contributed by atoms with van der Waals surface area (Å²) in [4.78, 5) is 23.7. The molecular formula is C13H26ClN3O3. The highest BCUT2D eigenvalue weighted by Gasteiger charge is 2.40. The van der Waals surface area contributed by atoms with E-state index in [0.29, 0.717) is 6.61 Å². The number of nitrogens with two attached hydrogens (primary N) is 1. The number of rotatable bonds is 6. The quantitative estimate of drug-likeness (QED) is 0.646. The first kappa shape index (κ1) is 19.1. The summed E-state index contributed by atoms with van der Waals surface area (Å²) in [5, 5.41) is 6.09. The molecule has 20 heavy (non-hydrogen) atoms. The van der Waals surface area contributed by atoms with Crippen molar-refractivity contribution in [2.45, 2.75) is 26.7 Å². The van der Waals surface area contributed by atoms with Crippen molar-refractivity contribution in [3.8, 4) is 0 Å². The van der Waals surface area contributed by atoms with Crippen molar-refractivity contribution in [3.05, 3.63) is 0 Å². The Morgan fingerprint density at radius 1 is 1.35 bits per heavy atom.